The van der Waals surface area contributed by atoms with E-state index in [0.29, 0.717) is 28.2 Å². The summed E-state index contributed by atoms with van der Waals surface area (Å²) in [7, 11) is 1.31. The van der Waals surface area contributed by atoms with Gasteiger partial charge in [-0.25, -0.2) is 14.6 Å². The molecule has 1 aliphatic rings. The van der Waals surface area contributed by atoms with Gasteiger partial charge in [0.2, 0.25) is 0 Å². The zero-order valence-corrected chi connectivity index (χ0v) is 22.3. The molecule has 0 amide bonds. The Bertz CT molecular complexity index is 1360. The Hall–Kier alpha value is -3.98. The Morgan fingerprint density at radius 3 is 2.38 bits per heavy atom. The number of nitrogens with zero attached hydrogens (tertiary/aromatic N) is 2. The number of nitrogens with one attached hydrogen (secondary N) is 2. The minimum Gasteiger partial charge on any atom is -0.466 e. The van der Waals surface area contributed by atoms with Crippen LogP contribution in [-0.4, -0.2) is 40.6 Å². The van der Waals surface area contributed by atoms with Gasteiger partial charge in [-0.05, 0) is 59.1 Å². The number of carbonyl (C=O) groups excluding carboxylic acids is 2. The van der Waals surface area contributed by atoms with Gasteiger partial charge in [0.15, 0.2) is 0 Å². The van der Waals surface area contributed by atoms with Gasteiger partial charge in [0, 0.05) is 40.9 Å². The first-order chi connectivity index (χ1) is 17.9. The number of rotatable bonds is 8. The Morgan fingerprint density at radius 2 is 1.76 bits per heavy atom. The molecule has 0 bridgehead atoms. The summed E-state index contributed by atoms with van der Waals surface area (Å²) in [6, 6.07) is 11.7. The standard InChI is InChI=1S/C28H27BrN4O4/c1-17-24(27(34)36-3)26(22-11-10-21(29)16-32-22)25(18(2)33-17)28(35)37-14-4-5-19-6-8-20(9-7-19)15-23-30-12-13-31-23/h4-13,16,26,33H,14-15H2,1-3H3,(H,30,31). The molecule has 8 nitrogen and oxygen atoms in total. The van der Waals surface area contributed by atoms with Crippen LogP contribution < -0.4 is 5.32 Å². The number of halogens is 1. The predicted molar refractivity (Wildman–Crippen MR) is 143 cm³/mol. The fourth-order valence-corrected chi connectivity index (χ4v) is 4.45. The molecule has 0 saturated heterocycles. The first-order valence-electron chi connectivity index (χ1n) is 11.7. The molecule has 1 aliphatic heterocycles. The van der Waals surface area contributed by atoms with Crippen molar-refractivity contribution in [3.63, 3.8) is 0 Å². The van der Waals surface area contributed by atoms with Crippen molar-refractivity contribution in [1.82, 2.24) is 20.3 Å². The predicted octanol–water partition coefficient (Wildman–Crippen LogP) is 4.82. The number of benzene rings is 1. The van der Waals surface area contributed by atoms with Crippen LogP contribution in [0, 0.1) is 0 Å². The average molecular weight is 563 g/mol. The molecule has 2 N–H and O–H groups in total. The number of aromatic nitrogens is 3. The zero-order chi connectivity index (χ0) is 26.4. The second-order valence-electron chi connectivity index (χ2n) is 8.48. The fourth-order valence-electron chi connectivity index (χ4n) is 4.22. The highest BCUT2D eigenvalue weighted by Crippen LogP contribution is 2.38. The normalized spacial score (nSPS) is 15.6. The van der Waals surface area contributed by atoms with Crippen molar-refractivity contribution in [3.05, 3.63) is 111 Å². The van der Waals surface area contributed by atoms with E-state index in [1.165, 1.54) is 7.11 Å². The number of ether oxygens (including phenoxy) is 2. The Morgan fingerprint density at radius 1 is 1.03 bits per heavy atom. The lowest BCUT2D eigenvalue weighted by Gasteiger charge is -2.29. The van der Waals surface area contributed by atoms with Gasteiger partial charge in [-0.3, -0.25) is 4.98 Å². The van der Waals surface area contributed by atoms with Crippen LogP contribution in [-0.2, 0) is 25.5 Å². The number of methoxy groups -OCH3 is 1. The van der Waals surface area contributed by atoms with E-state index in [1.807, 2.05) is 36.4 Å². The molecule has 9 heteroatoms. The lowest BCUT2D eigenvalue weighted by molar-refractivity contribution is -0.138. The summed E-state index contributed by atoms with van der Waals surface area (Å²) in [6.07, 6.45) is 9.57. The summed E-state index contributed by atoms with van der Waals surface area (Å²) in [5.74, 6) is -0.881. The molecule has 1 unspecified atom stereocenters. The van der Waals surface area contributed by atoms with E-state index in [4.69, 9.17) is 9.47 Å². The van der Waals surface area contributed by atoms with Crippen molar-refractivity contribution >= 4 is 33.9 Å². The van der Waals surface area contributed by atoms with Crippen molar-refractivity contribution in [2.45, 2.75) is 26.2 Å². The number of imidazole rings is 1. The van der Waals surface area contributed by atoms with E-state index in [0.717, 1.165) is 27.8 Å². The van der Waals surface area contributed by atoms with Gasteiger partial charge in [-0.2, -0.15) is 0 Å². The molecule has 0 aliphatic carbocycles. The van der Waals surface area contributed by atoms with Gasteiger partial charge < -0.3 is 19.8 Å². The maximum atomic E-state index is 13.3. The molecule has 1 atom stereocenters. The number of esters is 2. The quantitative estimate of drug-likeness (QED) is 0.379. The minimum atomic E-state index is -0.722. The van der Waals surface area contributed by atoms with E-state index in [9.17, 15) is 9.59 Å². The van der Waals surface area contributed by atoms with Gasteiger partial charge in [-0.15, -0.1) is 0 Å². The number of pyridine rings is 1. The highest BCUT2D eigenvalue weighted by Gasteiger charge is 2.38. The zero-order valence-electron chi connectivity index (χ0n) is 20.7. The van der Waals surface area contributed by atoms with Crippen molar-refractivity contribution < 1.29 is 19.1 Å². The molecule has 3 heterocycles. The Balaban J connectivity index is 1.47. The lowest BCUT2D eigenvalue weighted by Crippen LogP contribution is -2.32. The van der Waals surface area contributed by atoms with Gasteiger partial charge in [0.1, 0.15) is 12.4 Å². The van der Waals surface area contributed by atoms with Crippen LogP contribution in [0.2, 0.25) is 0 Å². The summed E-state index contributed by atoms with van der Waals surface area (Å²) in [5, 5.41) is 3.12. The number of H-pyrrole nitrogens is 1. The second kappa shape index (κ2) is 11.8. The van der Waals surface area contributed by atoms with E-state index < -0.39 is 17.9 Å². The van der Waals surface area contributed by atoms with Gasteiger partial charge in [-0.1, -0.05) is 30.3 Å². The van der Waals surface area contributed by atoms with E-state index in [1.54, 1.807) is 44.6 Å². The molecule has 37 heavy (non-hydrogen) atoms. The average Bonchev–Trinajstić information content (AvgIpc) is 3.40. The van der Waals surface area contributed by atoms with Crippen LogP contribution in [0.4, 0.5) is 0 Å². The van der Waals surface area contributed by atoms with Crippen molar-refractivity contribution in [3.8, 4) is 0 Å². The largest absolute Gasteiger partial charge is 0.466 e. The number of hydrogen-bond acceptors (Lipinski definition) is 7. The molecule has 0 fully saturated rings. The van der Waals surface area contributed by atoms with Gasteiger partial charge >= 0.3 is 11.9 Å². The molecular formula is C28H27BrN4O4. The van der Waals surface area contributed by atoms with Gasteiger partial charge in [0.05, 0.1) is 29.9 Å². The smallest absolute Gasteiger partial charge is 0.337 e. The molecule has 3 aromatic rings. The fraction of sp³-hybridized carbons (Fsp3) is 0.214. The maximum Gasteiger partial charge on any atom is 0.337 e. The SMILES string of the molecule is COC(=O)C1=C(C)NC(C)=C(C(=O)OCC=Cc2ccc(Cc3ncc[nH]3)cc2)C1c1ccc(Br)cn1. The maximum absolute atomic E-state index is 13.3. The molecular weight excluding hydrogens is 536 g/mol. The number of dihydropyridines is 1. The van der Waals surface area contributed by atoms with E-state index >= 15 is 0 Å². The highest BCUT2D eigenvalue weighted by atomic mass is 79.9. The number of hydrogen-bond donors (Lipinski definition) is 2. The third-order valence-electron chi connectivity index (χ3n) is 5.96. The Kier molecular flexibility index (Phi) is 8.35. The van der Waals surface area contributed by atoms with Crippen molar-refractivity contribution in [2.24, 2.45) is 0 Å². The molecule has 0 spiro atoms. The lowest BCUT2D eigenvalue weighted by atomic mass is 9.83. The van der Waals surface area contributed by atoms with Crippen LogP contribution in [0.25, 0.3) is 6.08 Å². The van der Waals surface area contributed by atoms with E-state index in [2.05, 4.69) is 36.2 Å². The summed E-state index contributed by atoms with van der Waals surface area (Å²) >= 11 is 3.38. The molecule has 0 saturated carbocycles. The van der Waals surface area contributed by atoms with Crippen LogP contribution in [0.15, 0.2) is 88.1 Å². The van der Waals surface area contributed by atoms with Crippen LogP contribution in [0.3, 0.4) is 0 Å². The summed E-state index contributed by atoms with van der Waals surface area (Å²) < 4.78 is 11.4. The topological polar surface area (TPSA) is 106 Å². The molecule has 0 radical (unpaired) electrons. The summed E-state index contributed by atoms with van der Waals surface area (Å²) in [5.41, 5.74) is 4.50. The number of allylic oxidation sites excluding steroid dienone is 2. The second-order valence-corrected chi connectivity index (χ2v) is 9.40. The Labute approximate surface area is 223 Å². The third-order valence-corrected chi connectivity index (χ3v) is 6.43. The number of aromatic amines is 1. The summed E-state index contributed by atoms with van der Waals surface area (Å²) in [6.45, 7) is 3.62. The van der Waals surface area contributed by atoms with Crippen molar-refractivity contribution in [1.29, 1.82) is 0 Å². The molecule has 1 aromatic carbocycles. The van der Waals surface area contributed by atoms with Gasteiger partial charge in [0.25, 0.3) is 0 Å². The third kappa shape index (κ3) is 6.24. The molecule has 190 valence electrons. The minimum absolute atomic E-state index is 0.0699. The highest BCUT2D eigenvalue weighted by molar-refractivity contribution is 9.10. The first kappa shape index (κ1) is 26.1. The van der Waals surface area contributed by atoms with E-state index in [-0.39, 0.29) is 6.61 Å². The molecule has 2 aromatic heterocycles. The first-order valence-corrected chi connectivity index (χ1v) is 12.5. The number of carbonyl (C=O) groups is 2. The van der Waals surface area contributed by atoms with Crippen LogP contribution in [0.1, 0.15) is 42.4 Å². The van der Waals surface area contributed by atoms with Crippen molar-refractivity contribution in [2.75, 3.05) is 13.7 Å². The van der Waals surface area contributed by atoms with Crippen LogP contribution >= 0.6 is 15.9 Å². The molecule has 4 rings (SSSR count). The summed E-state index contributed by atoms with van der Waals surface area (Å²) in [4.78, 5) is 37.7. The monoisotopic (exact) mass is 562 g/mol. The van der Waals surface area contributed by atoms with Crippen LogP contribution in [0.5, 0.6) is 0 Å².